The van der Waals surface area contributed by atoms with E-state index in [-0.39, 0.29) is 49.0 Å². The molecule has 0 aromatic heterocycles. The molecule has 0 N–H and O–H groups in total. The Kier molecular flexibility index (Phi) is 14.1. The van der Waals surface area contributed by atoms with E-state index in [1.54, 1.807) is 0 Å². The van der Waals surface area contributed by atoms with Crippen molar-refractivity contribution in [2.45, 2.75) is 135 Å². The van der Waals surface area contributed by atoms with Gasteiger partial charge in [-0.2, -0.15) is 8.78 Å². The summed E-state index contributed by atoms with van der Waals surface area (Å²) >= 11 is 0. The molecular formula is C29H48F2O7. The van der Waals surface area contributed by atoms with E-state index >= 15 is 0 Å². The van der Waals surface area contributed by atoms with Gasteiger partial charge in [0.15, 0.2) is 6.29 Å². The fourth-order valence-corrected chi connectivity index (χ4v) is 5.91. The van der Waals surface area contributed by atoms with Gasteiger partial charge < -0.3 is 18.9 Å². The van der Waals surface area contributed by atoms with Crippen LogP contribution < -0.4 is 0 Å². The Labute approximate surface area is 226 Å². The zero-order valence-corrected chi connectivity index (χ0v) is 23.7. The molecule has 9 heteroatoms. The molecule has 0 bridgehead atoms. The maximum atomic E-state index is 14.8. The molecule has 1 saturated carbocycles. The Balaban J connectivity index is 2.10. The number of hydrogen-bond acceptors (Lipinski definition) is 7. The minimum Gasteiger partial charge on any atom is -0.469 e. The number of ketones is 1. The third-order valence-corrected chi connectivity index (χ3v) is 8.06. The SMILES string of the molecule is CCC[C@@H](C)C(F)(F)C(=O)CC[C@@H]1[C@@H](CCCCCCC(=O)OC)[C@@H](OC(C)=O)C[C@H]1OC1CCCCO1. The van der Waals surface area contributed by atoms with E-state index in [9.17, 15) is 23.2 Å². The minimum absolute atomic E-state index is 0.0948. The van der Waals surface area contributed by atoms with E-state index in [1.165, 1.54) is 21.0 Å². The lowest BCUT2D eigenvalue weighted by Crippen LogP contribution is -2.37. The lowest BCUT2D eigenvalue weighted by molar-refractivity contribution is -0.197. The summed E-state index contributed by atoms with van der Waals surface area (Å²) in [5.41, 5.74) is 0. The number of methoxy groups -OCH3 is 1. The predicted octanol–water partition coefficient (Wildman–Crippen LogP) is 6.40. The molecule has 38 heavy (non-hydrogen) atoms. The second kappa shape index (κ2) is 16.5. The first-order chi connectivity index (χ1) is 18.1. The van der Waals surface area contributed by atoms with Gasteiger partial charge in [0.1, 0.15) is 6.10 Å². The Morgan fingerprint density at radius 2 is 1.71 bits per heavy atom. The van der Waals surface area contributed by atoms with Crippen LogP contribution in [0.2, 0.25) is 0 Å². The fourth-order valence-electron chi connectivity index (χ4n) is 5.91. The van der Waals surface area contributed by atoms with E-state index < -0.39 is 23.7 Å². The predicted molar refractivity (Wildman–Crippen MR) is 139 cm³/mol. The van der Waals surface area contributed by atoms with Crippen LogP contribution in [0.15, 0.2) is 0 Å². The van der Waals surface area contributed by atoms with Crippen LogP contribution in [0.5, 0.6) is 0 Å². The summed E-state index contributed by atoms with van der Waals surface area (Å²) in [6.45, 7) is 5.25. The number of ether oxygens (including phenoxy) is 4. The number of esters is 2. The van der Waals surface area contributed by atoms with Crippen molar-refractivity contribution in [2.24, 2.45) is 17.8 Å². The molecule has 1 unspecified atom stereocenters. The number of carbonyl (C=O) groups excluding carboxylic acids is 3. The standard InChI is InChI=1S/C29H48F2O7/c1-5-12-20(2)29(30,31)26(33)17-16-23-22(13-8-6-7-9-14-27(34)35-4)24(37-21(3)32)19-25(23)38-28-15-10-11-18-36-28/h20,22-25,28H,5-19H2,1-4H3/t20-,22-,23-,24+,25-,28?/m1/s1. The summed E-state index contributed by atoms with van der Waals surface area (Å²) in [6.07, 6.45) is 7.43. The number of Topliss-reactive ketones (excluding diaryl/α,β-unsaturated/α-hetero) is 1. The van der Waals surface area contributed by atoms with E-state index in [0.717, 1.165) is 51.4 Å². The van der Waals surface area contributed by atoms with Crippen molar-refractivity contribution < 1.29 is 42.1 Å². The highest BCUT2D eigenvalue weighted by Gasteiger charge is 2.48. The van der Waals surface area contributed by atoms with Gasteiger partial charge in [-0.3, -0.25) is 14.4 Å². The number of rotatable bonds is 17. The van der Waals surface area contributed by atoms with Crippen molar-refractivity contribution in [3.8, 4) is 0 Å². The van der Waals surface area contributed by atoms with E-state index in [1.807, 2.05) is 6.92 Å². The number of halogens is 2. The highest BCUT2D eigenvalue weighted by atomic mass is 19.3. The maximum absolute atomic E-state index is 14.8. The minimum atomic E-state index is -3.36. The van der Waals surface area contributed by atoms with Gasteiger partial charge in [-0.1, -0.05) is 39.5 Å². The largest absolute Gasteiger partial charge is 0.469 e. The number of carbonyl (C=O) groups is 3. The van der Waals surface area contributed by atoms with Gasteiger partial charge in [0.25, 0.3) is 0 Å². The molecular weight excluding hydrogens is 498 g/mol. The summed E-state index contributed by atoms with van der Waals surface area (Å²) in [7, 11) is 1.37. The lowest BCUT2D eigenvalue weighted by atomic mass is 9.83. The number of unbranched alkanes of at least 4 members (excludes halogenated alkanes) is 3. The summed E-state index contributed by atoms with van der Waals surface area (Å²) in [4.78, 5) is 35.9. The first kappa shape index (κ1) is 32.6. The summed E-state index contributed by atoms with van der Waals surface area (Å²) in [5, 5.41) is 0. The van der Waals surface area contributed by atoms with Gasteiger partial charge in [0.2, 0.25) is 5.78 Å². The van der Waals surface area contributed by atoms with Crippen molar-refractivity contribution in [2.75, 3.05) is 13.7 Å². The van der Waals surface area contributed by atoms with Crippen molar-refractivity contribution in [3.63, 3.8) is 0 Å². The molecule has 0 aromatic carbocycles. The van der Waals surface area contributed by atoms with Crippen LogP contribution in [-0.2, 0) is 33.3 Å². The summed E-state index contributed by atoms with van der Waals surface area (Å²) in [6, 6.07) is 0. The molecule has 2 fully saturated rings. The quantitative estimate of drug-likeness (QED) is 0.154. The smallest absolute Gasteiger partial charge is 0.307 e. The van der Waals surface area contributed by atoms with Gasteiger partial charge in [-0.25, -0.2) is 0 Å². The zero-order chi connectivity index (χ0) is 28.1. The van der Waals surface area contributed by atoms with Crippen LogP contribution in [0.4, 0.5) is 8.78 Å². The molecule has 0 aromatic rings. The van der Waals surface area contributed by atoms with Crippen LogP contribution in [0.25, 0.3) is 0 Å². The van der Waals surface area contributed by atoms with Gasteiger partial charge in [0.05, 0.1) is 13.2 Å². The first-order valence-corrected chi connectivity index (χ1v) is 14.5. The molecule has 1 heterocycles. The van der Waals surface area contributed by atoms with Crippen molar-refractivity contribution in [1.29, 1.82) is 0 Å². The molecule has 220 valence electrons. The van der Waals surface area contributed by atoms with Gasteiger partial charge in [0, 0.05) is 44.6 Å². The second-order valence-corrected chi connectivity index (χ2v) is 11.0. The van der Waals surface area contributed by atoms with Gasteiger partial charge in [-0.05, 0) is 50.9 Å². The highest BCUT2D eigenvalue weighted by molar-refractivity contribution is 5.85. The molecule has 1 saturated heterocycles. The molecule has 1 aliphatic heterocycles. The lowest BCUT2D eigenvalue weighted by Gasteiger charge is -2.31. The fraction of sp³-hybridized carbons (Fsp3) is 0.897. The van der Waals surface area contributed by atoms with Gasteiger partial charge in [-0.15, -0.1) is 0 Å². The van der Waals surface area contributed by atoms with Crippen molar-refractivity contribution in [1.82, 2.24) is 0 Å². The Morgan fingerprint density at radius 3 is 2.34 bits per heavy atom. The maximum Gasteiger partial charge on any atom is 0.307 e. The highest BCUT2D eigenvalue weighted by Crippen LogP contribution is 2.44. The van der Waals surface area contributed by atoms with Crippen LogP contribution in [0, 0.1) is 17.8 Å². The molecule has 2 rings (SSSR count). The van der Waals surface area contributed by atoms with Crippen LogP contribution >= 0.6 is 0 Å². The molecule has 0 amide bonds. The average Bonchev–Trinajstić information content (AvgIpc) is 3.19. The van der Waals surface area contributed by atoms with Crippen LogP contribution in [0.1, 0.15) is 111 Å². The monoisotopic (exact) mass is 546 g/mol. The number of alkyl halides is 2. The number of hydrogen-bond donors (Lipinski definition) is 0. The van der Waals surface area contributed by atoms with E-state index in [4.69, 9.17) is 14.2 Å². The van der Waals surface area contributed by atoms with Crippen LogP contribution in [-0.4, -0.2) is 55.9 Å². The van der Waals surface area contributed by atoms with Crippen molar-refractivity contribution >= 4 is 17.7 Å². The van der Waals surface area contributed by atoms with Crippen LogP contribution in [0.3, 0.4) is 0 Å². The molecule has 2 aliphatic rings. The topological polar surface area (TPSA) is 88.1 Å². The Hall–Kier alpha value is -1.61. The van der Waals surface area contributed by atoms with E-state index in [2.05, 4.69) is 4.74 Å². The third kappa shape index (κ3) is 10.2. The average molecular weight is 547 g/mol. The second-order valence-electron chi connectivity index (χ2n) is 11.0. The zero-order valence-electron chi connectivity index (χ0n) is 23.7. The third-order valence-electron chi connectivity index (χ3n) is 8.06. The Morgan fingerprint density at radius 1 is 1.00 bits per heavy atom. The molecule has 7 nitrogen and oxygen atoms in total. The Bertz CT molecular complexity index is 738. The summed E-state index contributed by atoms with van der Waals surface area (Å²) < 4.78 is 52.1. The molecule has 6 atom stereocenters. The molecule has 1 aliphatic carbocycles. The molecule has 0 spiro atoms. The van der Waals surface area contributed by atoms with E-state index in [0.29, 0.717) is 32.3 Å². The van der Waals surface area contributed by atoms with Gasteiger partial charge >= 0.3 is 17.9 Å². The normalized spacial score (nSPS) is 26.6. The summed E-state index contributed by atoms with van der Waals surface area (Å²) in [5.74, 6) is -6.28. The molecule has 0 radical (unpaired) electrons. The first-order valence-electron chi connectivity index (χ1n) is 14.5. The van der Waals surface area contributed by atoms with Crippen molar-refractivity contribution in [3.05, 3.63) is 0 Å².